The monoisotopic (exact) mass is 316 g/mol. The summed E-state index contributed by atoms with van der Waals surface area (Å²) in [5, 5.41) is 10.6. The highest BCUT2D eigenvalue weighted by Gasteiger charge is 2.09. The van der Waals surface area contributed by atoms with E-state index in [0.717, 1.165) is 10.0 Å². The maximum absolute atomic E-state index is 9.84. The Morgan fingerprint density at radius 2 is 1.62 bits per heavy atom. The molecule has 0 bridgehead atoms. The van der Waals surface area contributed by atoms with E-state index in [-0.39, 0.29) is 10.8 Å². The van der Waals surface area contributed by atoms with Crippen LogP contribution >= 0.6 is 39.1 Å². The normalized spacial score (nSPS) is 10.4. The summed E-state index contributed by atoms with van der Waals surface area (Å²) in [6.07, 6.45) is 0. The van der Waals surface area contributed by atoms with E-state index in [1.54, 1.807) is 6.07 Å². The number of benzene rings is 2. The van der Waals surface area contributed by atoms with Gasteiger partial charge in [-0.25, -0.2) is 0 Å². The van der Waals surface area contributed by atoms with Crippen LogP contribution in [0.1, 0.15) is 0 Å². The highest BCUT2D eigenvalue weighted by Crippen LogP contribution is 2.38. The second-order valence-corrected chi connectivity index (χ2v) is 5.05. The molecule has 2 aromatic rings. The number of halogens is 3. The molecule has 16 heavy (non-hydrogen) atoms. The minimum atomic E-state index is 0.0494. The van der Waals surface area contributed by atoms with Gasteiger partial charge in [0, 0.05) is 15.1 Å². The molecule has 0 heterocycles. The average molecular weight is 318 g/mol. The summed E-state index contributed by atoms with van der Waals surface area (Å²) in [6, 6.07) is 10.7. The molecule has 0 aliphatic heterocycles. The van der Waals surface area contributed by atoms with Crippen LogP contribution in [-0.4, -0.2) is 5.11 Å². The molecular formula is C12H7BrCl2O. The Hall–Kier alpha value is -0.700. The Morgan fingerprint density at radius 1 is 1.00 bits per heavy atom. The van der Waals surface area contributed by atoms with Crippen LogP contribution in [0.25, 0.3) is 11.1 Å². The molecule has 0 unspecified atom stereocenters. The SMILES string of the molecule is Oc1c(Cl)cc(Cl)cc1-c1ccc(Br)cc1. The van der Waals surface area contributed by atoms with Crippen molar-refractivity contribution in [2.75, 3.05) is 0 Å². The standard InChI is InChI=1S/C12H7BrCl2O/c13-8-3-1-7(2-4-8)10-5-9(14)6-11(15)12(10)16/h1-6,16H. The van der Waals surface area contributed by atoms with Gasteiger partial charge < -0.3 is 5.11 Å². The van der Waals surface area contributed by atoms with Gasteiger partial charge in [0.15, 0.2) is 0 Å². The first-order valence-electron chi connectivity index (χ1n) is 4.52. The minimum absolute atomic E-state index is 0.0494. The van der Waals surface area contributed by atoms with Crippen molar-refractivity contribution < 1.29 is 5.11 Å². The molecule has 0 saturated heterocycles. The van der Waals surface area contributed by atoms with Crippen LogP contribution in [0.5, 0.6) is 5.75 Å². The Balaban J connectivity index is 2.59. The van der Waals surface area contributed by atoms with Crippen molar-refractivity contribution >= 4 is 39.1 Å². The van der Waals surface area contributed by atoms with E-state index < -0.39 is 0 Å². The molecule has 1 nitrogen and oxygen atoms in total. The quantitative estimate of drug-likeness (QED) is 0.773. The number of phenols is 1. The van der Waals surface area contributed by atoms with Crippen LogP contribution in [0, 0.1) is 0 Å². The molecule has 0 aliphatic carbocycles. The highest BCUT2D eigenvalue weighted by molar-refractivity contribution is 9.10. The van der Waals surface area contributed by atoms with Gasteiger partial charge in [0.1, 0.15) is 5.75 Å². The fourth-order valence-electron chi connectivity index (χ4n) is 1.42. The van der Waals surface area contributed by atoms with Gasteiger partial charge in [0.25, 0.3) is 0 Å². The second kappa shape index (κ2) is 4.66. The molecule has 1 N–H and O–H groups in total. The van der Waals surface area contributed by atoms with Gasteiger partial charge in [-0.15, -0.1) is 0 Å². The van der Waals surface area contributed by atoms with Gasteiger partial charge in [-0.3, -0.25) is 0 Å². The molecule has 0 radical (unpaired) electrons. The van der Waals surface area contributed by atoms with Crippen LogP contribution in [-0.2, 0) is 0 Å². The smallest absolute Gasteiger partial charge is 0.142 e. The third-order valence-corrected chi connectivity index (χ3v) is 3.22. The van der Waals surface area contributed by atoms with Crippen molar-refractivity contribution in [1.82, 2.24) is 0 Å². The molecule has 2 rings (SSSR count). The van der Waals surface area contributed by atoms with Gasteiger partial charge in [0.2, 0.25) is 0 Å². The molecule has 0 aliphatic rings. The van der Waals surface area contributed by atoms with E-state index >= 15 is 0 Å². The summed E-state index contributed by atoms with van der Waals surface area (Å²) >= 11 is 15.1. The molecule has 0 amide bonds. The van der Waals surface area contributed by atoms with Crippen LogP contribution in [0.2, 0.25) is 10.0 Å². The third kappa shape index (κ3) is 2.34. The lowest BCUT2D eigenvalue weighted by molar-refractivity contribution is 0.477. The Labute approximate surface area is 112 Å². The zero-order valence-corrected chi connectivity index (χ0v) is 11.1. The van der Waals surface area contributed by atoms with E-state index in [1.807, 2.05) is 24.3 Å². The van der Waals surface area contributed by atoms with Crippen molar-refractivity contribution in [2.24, 2.45) is 0 Å². The summed E-state index contributed by atoms with van der Waals surface area (Å²) < 4.78 is 0.976. The second-order valence-electron chi connectivity index (χ2n) is 3.29. The first kappa shape index (κ1) is 11.8. The predicted octanol–water partition coefficient (Wildman–Crippen LogP) is 5.13. The lowest BCUT2D eigenvalue weighted by Gasteiger charge is -2.07. The van der Waals surface area contributed by atoms with Crippen molar-refractivity contribution in [3.05, 3.63) is 50.9 Å². The van der Waals surface area contributed by atoms with E-state index in [1.165, 1.54) is 6.07 Å². The molecule has 0 spiro atoms. The molecule has 0 saturated carbocycles. The molecule has 2 aromatic carbocycles. The maximum Gasteiger partial charge on any atom is 0.142 e. The number of rotatable bonds is 1. The Kier molecular flexibility index (Phi) is 3.43. The fraction of sp³-hybridized carbons (Fsp3) is 0. The van der Waals surface area contributed by atoms with Crippen LogP contribution in [0.4, 0.5) is 0 Å². The summed E-state index contributed by atoms with van der Waals surface area (Å²) in [7, 11) is 0. The summed E-state index contributed by atoms with van der Waals surface area (Å²) in [5.41, 5.74) is 1.50. The zero-order valence-electron chi connectivity index (χ0n) is 8.05. The van der Waals surface area contributed by atoms with Crippen LogP contribution in [0.15, 0.2) is 40.9 Å². The first-order chi connectivity index (χ1) is 7.58. The number of hydrogen-bond donors (Lipinski definition) is 1. The van der Waals surface area contributed by atoms with E-state index in [9.17, 15) is 5.11 Å². The molecule has 82 valence electrons. The topological polar surface area (TPSA) is 20.2 Å². The molecule has 0 fully saturated rings. The summed E-state index contributed by atoms with van der Waals surface area (Å²) in [6.45, 7) is 0. The van der Waals surface area contributed by atoms with E-state index in [2.05, 4.69) is 15.9 Å². The third-order valence-electron chi connectivity index (χ3n) is 2.18. The Morgan fingerprint density at radius 3 is 2.25 bits per heavy atom. The summed E-state index contributed by atoms with van der Waals surface area (Å²) in [5.74, 6) is 0.0494. The molecule has 4 heteroatoms. The predicted molar refractivity (Wildman–Crippen MR) is 71.3 cm³/mol. The van der Waals surface area contributed by atoms with Crippen molar-refractivity contribution in [2.45, 2.75) is 0 Å². The summed E-state index contributed by atoms with van der Waals surface area (Å²) in [4.78, 5) is 0. The zero-order chi connectivity index (χ0) is 11.7. The average Bonchev–Trinajstić information content (AvgIpc) is 2.25. The van der Waals surface area contributed by atoms with Gasteiger partial charge >= 0.3 is 0 Å². The van der Waals surface area contributed by atoms with Crippen molar-refractivity contribution in [1.29, 1.82) is 0 Å². The van der Waals surface area contributed by atoms with Gasteiger partial charge in [-0.2, -0.15) is 0 Å². The lowest BCUT2D eigenvalue weighted by Crippen LogP contribution is -1.81. The molecule has 0 atom stereocenters. The van der Waals surface area contributed by atoms with Crippen molar-refractivity contribution in [3.8, 4) is 16.9 Å². The largest absolute Gasteiger partial charge is 0.506 e. The minimum Gasteiger partial charge on any atom is -0.506 e. The van der Waals surface area contributed by atoms with Gasteiger partial charge in [0.05, 0.1) is 5.02 Å². The van der Waals surface area contributed by atoms with E-state index in [0.29, 0.717) is 10.6 Å². The number of hydrogen-bond acceptors (Lipinski definition) is 1. The highest BCUT2D eigenvalue weighted by atomic mass is 79.9. The van der Waals surface area contributed by atoms with Gasteiger partial charge in [-0.05, 0) is 29.8 Å². The lowest BCUT2D eigenvalue weighted by atomic mass is 10.1. The van der Waals surface area contributed by atoms with E-state index in [4.69, 9.17) is 23.2 Å². The molecule has 0 aromatic heterocycles. The van der Waals surface area contributed by atoms with Gasteiger partial charge in [-0.1, -0.05) is 51.3 Å². The Bertz CT molecular complexity index is 523. The van der Waals surface area contributed by atoms with Crippen LogP contribution in [0.3, 0.4) is 0 Å². The maximum atomic E-state index is 9.84. The number of phenolic OH excluding ortho intramolecular Hbond substituents is 1. The molecular weight excluding hydrogens is 311 g/mol. The van der Waals surface area contributed by atoms with Crippen LogP contribution < -0.4 is 0 Å². The fourth-order valence-corrected chi connectivity index (χ4v) is 2.17. The first-order valence-corrected chi connectivity index (χ1v) is 6.07. The number of aromatic hydroxyl groups is 1. The van der Waals surface area contributed by atoms with Crippen molar-refractivity contribution in [3.63, 3.8) is 0 Å².